The number of ether oxygens (including phenoxy) is 2. The molecular weight excluding hydrogens is 363 g/mol. The molecule has 0 saturated heterocycles. The Labute approximate surface area is 154 Å². The maximum absolute atomic E-state index is 12.5. The minimum Gasteiger partial charge on any atom is -0.483 e. The first kappa shape index (κ1) is 19.1. The van der Waals surface area contributed by atoms with Crippen LogP contribution in [0.1, 0.15) is 25.1 Å². The van der Waals surface area contributed by atoms with Gasteiger partial charge in [-0.2, -0.15) is 18.3 Å². The Kier molecular flexibility index (Phi) is 5.03. The first-order valence-corrected chi connectivity index (χ1v) is 8.45. The van der Waals surface area contributed by atoms with Gasteiger partial charge in [-0.25, -0.2) is 0 Å². The number of nitrogens with zero attached hydrogens (tertiary/aromatic N) is 2. The molecule has 1 aromatic heterocycles. The van der Waals surface area contributed by atoms with Gasteiger partial charge >= 0.3 is 6.18 Å². The van der Waals surface area contributed by atoms with Crippen molar-refractivity contribution in [3.05, 3.63) is 41.7 Å². The summed E-state index contributed by atoms with van der Waals surface area (Å²) in [7, 11) is 0. The molecule has 6 nitrogen and oxygen atoms in total. The predicted octanol–water partition coefficient (Wildman–Crippen LogP) is 2.81. The van der Waals surface area contributed by atoms with E-state index in [0.717, 1.165) is 22.7 Å². The molecule has 27 heavy (non-hydrogen) atoms. The van der Waals surface area contributed by atoms with Crippen LogP contribution >= 0.6 is 0 Å². The molecule has 146 valence electrons. The minimum atomic E-state index is -4.48. The van der Waals surface area contributed by atoms with Crippen molar-refractivity contribution in [3.63, 3.8) is 0 Å². The Morgan fingerprint density at radius 2 is 2.15 bits per heavy atom. The summed E-state index contributed by atoms with van der Waals surface area (Å²) in [5.41, 5.74) is -0.251. The number of amides is 1. The van der Waals surface area contributed by atoms with Gasteiger partial charge in [0, 0.05) is 24.7 Å². The molecule has 3 rings (SSSR count). The predicted molar refractivity (Wildman–Crippen MR) is 90.6 cm³/mol. The van der Waals surface area contributed by atoms with Crippen LogP contribution < -0.4 is 14.8 Å². The molecule has 2 aromatic rings. The summed E-state index contributed by atoms with van der Waals surface area (Å²) in [6.45, 7) is 4.00. The molecule has 1 N–H and O–H groups in total. The van der Waals surface area contributed by atoms with Crippen molar-refractivity contribution in [2.24, 2.45) is 0 Å². The minimum absolute atomic E-state index is 0.125. The molecule has 1 amide bonds. The van der Waals surface area contributed by atoms with Crippen molar-refractivity contribution in [2.45, 2.75) is 38.6 Å². The molecule has 1 aromatic carbocycles. The van der Waals surface area contributed by atoms with Gasteiger partial charge in [0.25, 0.3) is 5.91 Å². The largest absolute Gasteiger partial charge is 0.483 e. The highest BCUT2D eigenvalue weighted by Gasteiger charge is 2.33. The molecule has 0 radical (unpaired) electrons. The smallest absolute Gasteiger partial charge is 0.435 e. The highest BCUT2D eigenvalue weighted by molar-refractivity contribution is 5.77. The normalized spacial score (nSPS) is 15.1. The molecule has 0 bridgehead atoms. The van der Waals surface area contributed by atoms with Crippen LogP contribution in [0.15, 0.2) is 30.5 Å². The molecular formula is C18H20F3N3O3. The van der Waals surface area contributed by atoms with Crippen LogP contribution in [0.2, 0.25) is 0 Å². The summed E-state index contributed by atoms with van der Waals surface area (Å²) >= 11 is 0. The fourth-order valence-electron chi connectivity index (χ4n) is 2.84. The molecule has 0 atom stereocenters. The molecule has 2 heterocycles. The zero-order valence-corrected chi connectivity index (χ0v) is 15.0. The van der Waals surface area contributed by atoms with Gasteiger partial charge in [-0.15, -0.1) is 0 Å². The van der Waals surface area contributed by atoms with E-state index in [-0.39, 0.29) is 31.2 Å². The molecule has 0 spiro atoms. The number of carbonyl (C=O) groups is 1. The maximum atomic E-state index is 12.5. The van der Waals surface area contributed by atoms with Gasteiger partial charge in [0.1, 0.15) is 5.60 Å². The molecule has 9 heteroatoms. The van der Waals surface area contributed by atoms with Crippen molar-refractivity contribution < 1.29 is 27.4 Å². The van der Waals surface area contributed by atoms with Crippen LogP contribution in [-0.2, 0) is 23.9 Å². The molecule has 0 saturated carbocycles. The second-order valence-electron chi connectivity index (χ2n) is 6.88. The van der Waals surface area contributed by atoms with E-state index in [1.165, 1.54) is 6.20 Å². The van der Waals surface area contributed by atoms with E-state index >= 15 is 0 Å². The summed E-state index contributed by atoms with van der Waals surface area (Å²) in [5, 5.41) is 6.00. The number of hydrogen-bond donors (Lipinski definition) is 1. The molecule has 1 aliphatic rings. The number of alkyl halides is 3. The van der Waals surface area contributed by atoms with Gasteiger partial charge in [0.15, 0.2) is 23.8 Å². The van der Waals surface area contributed by atoms with Gasteiger partial charge in [-0.1, -0.05) is 12.1 Å². The van der Waals surface area contributed by atoms with Crippen LogP contribution in [0.25, 0.3) is 0 Å². The molecule has 0 fully saturated rings. The summed E-state index contributed by atoms with van der Waals surface area (Å²) in [6, 6.07) is 6.42. The second kappa shape index (κ2) is 7.13. The summed E-state index contributed by atoms with van der Waals surface area (Å²) in [4.78, 5) is 11.9. The van der Waals surface area contributed by atoms with Crippen molar-refractivity contribution in [2.75, 3.05) is 13.2 Å². The number of hydrogen-bond acceptors (Lipinski definition) is 4. The zero-order valence-electron chi connectivity index (χ0n) is 15.0. The Morgan fingerprint density at radius 3 is 2.85 bits per heavy atom. The Morgan fingerprint density at radius 1 is 1.37 bits per heavy atom. The Bertz CT molecular complexity index is 831. The van der Waals surface area contributed by atoms with Gasteiger partial charge in [0.05, 0.1) is 6.54 Å². The summed E-state index contributed by atoms with van der Waals surface area (Å²) in [5.74, 6) is 0.759. The van der Waals surface area contributed by atoms with E-state index in [2.05, 4.69) is 10.4 Å². The van der Waals surface area contributed by atoms with Gasteiger partial charge in [-0.05, 0) is 26.0 Å². The zero-order chi connectivity index (χ0) is 19.7. The molecule has 0 aliphatic carbocycles. The van der Waals surface area contributed by atoms with Gasteiger partial charge in [0.2, 0.25) is 0 Å². The van der Waals surface area contributed by atoms with E-state index in [4.69, 9.17) is 9.47 Å². The molecule has 1 aliphatic heterocycles. The van der Waals surface area contributed by atoms with E-state index in [1.807, 2.05) is 26.0 Å². The standard InChI is InChI=1S/C18H20F3N3O3/c1-17(2)10-12-4-3-5-13(16(12)27-17)26-11-15(25)22-7-9-24-8-6-14(23-24)18(19,20)21/h3-6,8H,7,9-11H2,1-2H3,(H,22,25). The van der Waals surface area contributed by atoms with Gasteiger partial charge < -0.3 is 14.8 Å². The fraction of sp³-hybridized carbons (Fsp3) is 0.444. The van der Waals surface area contributed by atoms with E-state index in [9.17, 15) is 18.0 Å². The Balaban J connectivity index is 1.46. The van der Waals surface area contributed by atoms with Crippen LogP contribution in [0, 0.1) is 0 Å². The monoisotopic (exact) mass is 383 g/mol. The Hall–Kier alpha value is -2.71. The first-order valence-electron chi connectivity index (χ1n) is 8.45. The van der Waals surface area contributed by atoms with E-state index in [1.54, 1.807) is 6.07 Å². The lowest BCUT2D eigenvalue weighted by Crippen LogP contribution is -2.31. The lowest BCUT2D eigenvalue weighted by atomic mass is 10.0. The number of benzene rings is 1. The van der Waals surface area contributed by atoms with Crippen LogP contribution in [0.5, 0.6) is 11.5 Å². The van der Waals surface area contributed by atoms with Crippen LogP contribution in [-0.4, -0.2) is 34.4 Å². The number of carbonyl (C=O) groups excluding carboxylic acids is 1. The second-order valence-corrected chi connectivity index (χ2v) is 6.88. The lowest BCUT2D eigenvalue weighted by Gasteiger charge is -2.18. The van der Waals surface area contributed by atoms with Gasteiger partial charge in [-0.3, -0.25) is 9.48 Å². The van der Waals surface area contributed by atoms with Crippen molar-refractivity contribution in [1.29, 1.82) is 0 Å². The van der Waals surface area contributed by atoms with Crippen molar-refractivity contribution in [1.82, 2.24) is 15.1 Å². The fourth-order valence-corrected chi connectivity index (χ4v) is 2.84. The highest BCUT2D eigenvalue weighted by Crippen LogP contribution is 2.41. The van der Waals surface area contributed by atoms with Crippen molar-refractivity contribution >= 4 is 5.91 Å². The number of halogens is 3. The lowest BCUT2D eigenvalue weighted by molar-refractivity contribution is -0.141. The highest BCUT2D eigenvalue weighted by atomic mass is 19.4. The third kappa shape index (κ3) is 4.72. The average molecular weight is 383 g/mol. The SMILES string of the molecule is CC1(C)Cc2cccc(OCC(=O)NCCn3ccc(C(F)(F)F)n3)c2O1. The number of rotatable bonds is 6. The number of fused-ring (bicyclic) bond motifs is 1. The summed E-state index contributed by atoms with van der Waals surface area (Å²) in [6.07, 6.45) is -2.50. The third-order valence-electron chi connectivity index (χ3n) is 4.01. The van der Waals surface area contributed by atoms with Crippen molar-refractivity contribution in [3.8, 4) is 11.5 Å². The number of aromatic nitrogens is 2. The number of nitrogens with one attached hydrogen (secondary N) is 1. The summed E-state index contributed by atoms with van der Waals surface area (Å²) < 4.78 is 50.0. The van der Waals surface area contributed by atoms with E-state index in [0.29, 0.717) is 11.5 Å². The first-order chi connectivity index (χ1) is 12.6. The van der Waals surface area contributed by atoms with Crippen LogP contribution in [0.3, 0.4) is 0 Å². The number of para-hydroxylation sites is 1. The van der Waals surface area contributed by atoms with Crippen LogP contribution in [0.4, 0.5) is 13.2 Å². The maximum Gasteiger partial charge on any atom is 0.435 e. The third-order valence-corrected chi connectivity index (χ3v) is 4.01. The van der Waals surface area contributed by atoms with E-state index < -0.39 is 11.9 Å². The average Bonchev–Trinajstić information content (AvgIpc) is 3.15. The quantitative estimate of drug-likeness (QED) is 0.833. The molecule has 0 unspecified atom stereocenters. The topological polar surface area (TPSA) is 65.4 Å².